The lowest BCUT2D eigenvalue weighted by molar-refractivity contribution is -0.145. The second-order valence-electron chi connectivity index (χ2n) is 6.36. The lowest BCUT2D eigenvalue weighted by Crippen LogP contribution is -2.40. The maximum Gasteiger partial charge on any atom is 0.310 e. The van der Waals surface area contributed by atoms with Crippen molar-refractivity contribution in [2.45, 2.75) is 24.3 Å². The van der Waals surface area contributed by atoms with Crippen molar-refractivity contribution in [2.24, 2.45) is 23.7 Å². The molecular weight excluding hydrogens is 370 g/mol. The Hall–Kier alpha value is -1.07. The van der Waals surface area contributed by atoms with E-state index in [9.17, 15) is 9.59 Å². The fraction of sp³-hybridized carbons (Fsp3) is 0.500. The third kappa shape index (κ3) is 1.88. The highest BCUT2D eigenvalue weighted by Gasteiger charge is 2.67. The van der Waals surface area contributed by atoms with E-state index in [1.54, 1.807) is 12.1 Å². The molecule has 3 aliphatic rings. The van der Waals surface area contributed by atoms with Gasteiger partial charge in [-0.2, -0.15) is 0 Å². The molecule has 0 aromatic heterocycles. The van der Waals surface area contributed by atoms with Gasteiger partial charge in [0.25, 0.3) is 0 Å². The van der Waals surface area contributed by atoms with E-state index in [2.05, 4.69) is 21.2 Å². The number of halogens is 2. The van der Waals surface area contributed by atoms with Crippen LogP contribution in [-0.2, 0) is 14.3 Å². The van der Waals surface area contributed by atoms with Gasteiger partial charge in [-0.15, -0.1) is 0 Å². The molecule has 6 atom stereocenters. The molecule has 1 aliphatic heterocycles. The summed E-state index contributed by atoms with van der Waals surface area (Å²) in [6.45, 7) is 1.87. The highest BCUT2D eigenvalue weighted by molar-refractivity contribution is 9.09. The van der Waals surface area contributed by atoms with Crippen molar-refractivity contribution in [3.05, 3.63) is 28.8 Å². The number of nitrogens with one attached hydrogen (secondary N) is 1. The minimum absolute atomic E-state index is 0.0561. The smallest absolute Gasteiger partial charge is 0.310 e. The van der Waals surface area contributed by atoms with Crippen molar-refractivity contribution in [1.29, 1.82) is 0 Å². The highest BCUT2D eigenvalue weighted by atomic mass is 79.9. The Balaban J connectivity index is 1.61. The Morgan fingerprint density at radius 2 is 2.18 bits per heavy atom. The van der Waals surface area contributed by atoms with Crippen LogP contribution in [0, 0.1) is 30.6 Å². The van der Waals surface area contributed by atoms with E-state index in [0.717, 1.165) is 12.0 Å². The molecular formula is C16H15BrClNO3. The average molecular weight is 385 g/mol. The normalized spacial score (nSPS) is 38.2. The zero-order chi connectivity index (χ0) is 15.6. The van der Waals surface area contributed by atoms with Crippen molar-refractivity contribution < 1.29 is 14.3 Å². The zero-order valence-corrected chi connectivity index (χ0v) is 14.2. The van der Waals surface area contributed by atoms with Gasteiger partial charge in [-0.05, 0) is 37.0 Å². The molecule has 3 fully saturated rings. The number of esters is 1. The van der Waals surface area contributed by atoms with Crippen LogP contribution in [0.2, 0.25) is 5.02 Å². The van der Waals surface area contributed by atoms with Crippen molar-refractivity contribution in [1.82, 2.24) is 0 Å². The van der Waals surface area contributed by atoms with Gasteiger partial charge in [-0.1, -0.05) is 33.6 Å². The minimum atomic E-state index is -0.320. The van der Waals surface area contributed by atoms with E-state index in [1.165, 1.54) is 0 Å². The zero-order valence-electron chi connectivity index (χ0n) is 11.9. The predicted molar refractivity (Wildman–Crippen MR) is 86.0 cm³/mol. The van der Waals surface area contributed by atoms with Crippen LogP contribution in [0.25, 0.3) is 0 Å². The number of carbonyl (C=O) groups excluding carboxylic acids is 2. The van der Waals surface area contributed by atoms with E-state index in [-0.39, 0.29) is 46.5 Å². The second kappa shape index (κ2) is 4.96. The van der Waals surface area contributed by atoms with Gasteiger partial charge >= 0.3 is 5.97 Å². The molecule has 1 aromatic carbocycles. The number of hydrogen-bond donors (Lipinski definition) is 1. The number of ether oxygens (including phenoxy) is 1. The number of alkyl halides is 1. The van der Waals surface area contributed by atoms with Gasteiger partial charge < -0.3 is 10.1 Å². The predicted octanol–water partition coefficient (Wildman–Crippen LogP) is 3.16. The van der Waals surface area contributed by atoms with E-state index >= 15 is 0 Å². The molecule has 2 aliphatic carbocycles. The maximum absolute atomic E-state index is 12.8. The number of amides is 1. The summed E-state index contributed by atoms with van der Waals surface area (Å²) >= 11 is 9.71. The molecule has 4 nitrogen and oxygen atoms in total. The first kappa shape index (κ1) is 14.5. The number of hydrogen-bond acceptors (Lipinski definition) is 3. The first-order chi connectivity index (χ1) is 10.5. The third-order valence-corrected chi connectivity index (χ3v) is 6.96. The first-order valence-corrected chi connectivity index (χ1v) is 8.69. The van der Waals surface area contributed by atoms with Gasteiger partial charge in [-0.3, -0.25) is 9.59 Å². The van der Waals surface area contributed by atoms with Gasteiger partial charge in [0, 0.05) is 16.6 Å². The van der Waals surface area contributed by atoms with Crippen molar-refractivity contribution in [3.8, 4) is 0 Å². The molecule has 1 N–H and O–H groups in total. The number of fused-ring (bicyclic) bond motifs is 1. The summed E-state index contributed by atoms with van der Waals surface area (Å²) in [4.78, 5) is 24.9. The number of rotatable bonds is 2. The Morgan fingerprint density at radius 1 is 1.41 bits per heavy atom. The Kier molecular flexibility index (Phi) is 3.28. The molecule has 1 aromatic rings. The molecule has 1 saturated heterocycles. The molecule has 116 valence electrons. The number of benzene rings is 1. The van der Waals surface area contributed by atoms with Crippen LogP contribution in [0.3, 0.4) is 0 Å². The van der Waals surface area contributed by atoms with Crippen LogP contribution < -0.4 is 5.32 Å². The molecule has 6 heteroatoms. The molecule has 1 heterocycles. The fourth-order valence-electron chi connectivity index (χ4n) is 4.29. The van der Waals surface area contributed by atoms with Gasteiger partial charge in [0.1, 0.15) is 6.10 Å². The standard InChI is InChI=1S/C16H15BrClNO3/c1-6-9(18)3-2-4-10(6)19-15(20)11-7-5-8-12(11)16(21)22-14(8)13(7)17/h2-4,7-8,11-14H,5H2,1H3,(H,19,20)/t7-,8-,11-,12+,13+,14+/m1/s1. The summed E-state index contributed by atoms with van der Waals surface area (Å²) in [5, 5.41) is 3.57. The van der Waals surface area contributed by atoms with Crippen molar-refractivity contribution >= 4 is 45.1 Å². The van der Waals surface area contributed by atoms with Crippen LogP contribution >= 0.6 is 27.5 Å². The Bertz CT molecular complexity index is 679. The van der Waals surface area contributed by atoms with Gasteiger partial charge in [0.05, 0.1) is 16.7 Å². The van der Waals surface area contributed by atoms with Crippen molar-refractivity contribution in [3.63, 3.8) is 0 Å². The summed E-state index contributed by atoms with van der Waals surface area (Å²) in [7, 11) is 0. The third-order valence-electron chi connectivity index (χ3n) is 5.35. The minimum Gasteiger partial charge on any atom is -0.461 e. The van der Waals surface area contributed by atoms with Gasteiger partial charge in [0.15, 0.2) is 0 Å². The van der Waals surface area contributed by atoms with E-state index in [4.69, 9.17) is 16.3 Å². The number of carbonyl (C=O) groups is 2. The lowest BCUT2D eigenvalue weighted by Gasteiger charge is -2.27. The van der Waals surface area contributed by atoms with Crippen LogP contribution in [0.15, 0.2) is 18.2 Å². The SMILES string of the molecule is Cc1c(Cl)cccc1NC(=O)[C@@H]1[C@H]2C[C@H]3[C@H](OC(=O)[C@@H]31)[C@H]2Br. The van der Waals surface area contributed by atoms with Gasteiger partial charge in [-0.25, -0.2) is 0 Å². The lowest BCUT2D eigenvalue weighted by atomic mass is 9.79. The molecule has 22 heavy (non-hydrogen) atoms. The molecule has 0 radical (unpaired) electrons. The molecule has 0 spiro atoms. The summed E-state index contributed by atoms with van der Waals surface area (Å²) in [5.74, 6) is -0.599. The molecule has 1 amide bonds. The molecule has 4 rings (SSSR count). The fourth-order valence-corrected chi connectivity index (χ4v) is 5.51. The Morgan fingerprint density at radius 3 is 2.95 bits per heavy atom. The van der Waals surface area contributed by atoms with Crippen molar-refractivity contribution in [2.75, 3.05) is 5.32 Å². The highest BCUT2D eigenvalue weighted by Crippen LogP contribution is 2.60. The van der Waals surface area contributed by atoms with Crippen LogP contribution in [0.5, 0.6) is 0 Å². The quantitative estimate of drug-likeness (QED) is 0.629. The van der Waals surface area contributed by atoms with E-state index < -0.39 is 0 Å². The largest absolute Gasteiger partial charge is 0.461 e. The first-order valence-electron chi connectivity index (χ1n) is 7.39. The van der Waals surface area contributed by atoms with Crippen LogP contribution in [-0.4, -0.2) is 22.8 Å². The average Bonchev–Trinajstić information content (AvgIpc) is 3.08. The van der Waals surface area contributed by atoms with E-state index in [1.807, 2.05) is 13.0 Å². The summed E-state index contributed by atoms with van der Waals surface area (Å²) < 4.78 is 5.44. The summed E-state index contributed by atoms with van der Waals surface area (Å²) in [6, 6.07) is 5.42. The van der Waals surface area contributed by atoms with Gasteiger partial charge in [0.2, 0.25) is 5.91 Å². The topological polar surface area (TPSA) is 55.4 Å². The summed E-state index contributed by atoms with van der Waals surface area (Å²) in [6.07, 6.45) is 0.823. The van der Waals surface area contributed by atoms with Crippen LogP contribution in [0.4, 0.5) is 5.69 Å². The molecule has 0 unspecified atom stereocenters. The monoisotopic (exact) mass is 383 g/mol. The summed E-state index contributed by atoms with van der Waals surface area (Å²) in [5.41, 5.74) is 1.54. The van der Waals surface area contributed by atoms with E-state index in [0.29, 0.717) is 10.7 Å². The second-order valence-corrected chi connectivity index (χ2v) is 7.83. The maximum atomic E-state index is 12.8. The Labute approximate surface area is 141 Å². The van der Waals surface area contributed by atoms with Crippen LogP contribution in [0.1, 0.15) is 12.0 Å². The molecule has 2 saturated carbocycles. The molecule has 2 bridgehead atoms. The number of anilines is 1.